The van der Waals surface area contributed by atoms with Crippen molar-refractivity contribution in [3.63, 3.8) is 0 Å². The maximum Gasteiger partial charge on any atom is 0.182 e. The molecule has 0 saturated heterocycles. The first-order valence-corrected chi connectivity index (χ1v) is 4.63. The Bertz CT molecular complexity index is 344. The summed E-state index contributed by atoms with van der Waals surface area (Å²) in [5.41, 5.74) is 1.93. The van der Waals surface area contributed by atoms with Gasteiger partial charge in [0.15, 0.2) is 7.98 Å². The van der Waals surface area contributed by atoms with E-state index in [1.807, 2.05) is 33.1 Å². The van der Waals surface area contributed by atoms with E-state index in [0.29, 0.717) is 6.61 Å². The zero-order valence-electron chi connectivity index (χ0n) is 8.63. The fraction of sp³-hybridized carbons (Fsp3) is 0.273. The fourth-order valence-electron chi connectivity index (χ4n) is 1.21. The molecule has 72 valence electrons. The minimum absolute atomic E-state index is 0.634. The Balaban J connectivity index is 2.76. The second-order valence-corrected chi connectivity index (χ2v) is 3.04. The summed E-state index contributed by atoms with van der Waals surface area (Å²) in [6, 6.07) is 5.84. The molecule has 1 aromatic carbocycles. The molecule has 14 heavy (non-hydrogen) atoms. The topological polar surface area (TPSA) is 21.3 Å². The monoisotopic (exact) mass is 187 g/mol. The van der Waals surface area contributed by atoms with Gasteiger partial charge in [-0.1, -0.05) is 18.1 Å². The summed E-state index contributed by atoms with van der Waals surface area (Å²) in [4.78, 5) is 0. The first kappa shape index (κ1) is 10.7. The van der Waals surface area contributed by atoms with Crippen LogP contribution >= 0.6 is 0 Å². The predicted octanol–water partition coefficient (Wildman–Crippen LogP) is 0.493. The van der Waals surface area contributed by atoms with Gasteiger partial charge in [0.05, 0.1) is 12.2 Å². The molecule has 0 aliphatic heterocycles. The number of ether oxygens (including phenoxy) is 1. The van der Waals surface area contributed by atoms with E-state index in [2.05, 4.69) is 11.1 Å². The Morgan fingerprint density at radius 3 is 3.00 bits per heavy atom. The summed E-state index contributed by atoms with van der Waals surface area (Å²) in [5.74, 6) is 3.44. The largest absolute Gasteiger partial charge is 0.491 e. The Labute approximate surface area is 86.1 Å². The average Bonchev–Trinajstić information content (AvgIpc) is 2.18. The van der Waals surface area contributed by atoms with E-state index in [1.165, 1.54) is 0 Å². The van der Waals surface area contributed by atoms with Crippen LogP contribution in [-0.2, 0) is 0 Å². The number of hydrogen-bond acceptors (Lipinski definition) is 2. The van der Waals surface area contributed by atoms with Gasteiger partial charge < -0.3 is 9.96 Å². The maximum atomic E-state index is 5.54. The van der Waals surface area contributed by atoms with Gasteiger partial charge in [-0.2, -0.15) is 0 Å². The van der Waals surface area contributed by atoms with Crippen LogP contribution in [0.4, 0.5) is 0 Å². The van der Waals surface area contributed by atoms with Crippen molar-refractivity contribution < 1.29 is 4.74 Å². The zero-order valence-corrected chi connectivity index (χ0v) is 8.63. The molecule has 0 unspecified atom stereocenters. The number of rotatable bonds is 4. The van der Waals surface area contributed by atoms with Crippen LogP contribution in [0.25, 0.3) is 0 Å². The van der Waals surface area contributed by atoms with E-state index >= 15 is 0 Å². The molecule has 0 saturated carbocycles. The molecule has 0 radical (unpaired) electrons. The Morgan fingerprint density at radius 1 is 1.57 bits per heavy atom. The Hall–Kier alpha value is -1.40. The van der Waals surface area contributed by atoms with E-state index in [1.54, 1.807) is 0 Å². The second kappa shape index (κ2) is 5.36. The van der Waals surface area contributed by atoms with Crippen molar-refractivity contribution in [2.45, 2.75) is 6.92 Å². The average molecular weight is 187 g/mol. The smallest absolute Gasteiger partial charge is 0.182 e. The van der Waals surface area contributed by atoms with Crippen LogP contribution in [0, 0.1) is 19.3 Å². The van der Waals surface area contributed by atoms with Gasteiger partial charge in [-0.25, -0.2) is 0 Å². The molecule has 1 aromatic rings. The maximum absolute atomic E-state index is 5.54. The lowest BCUT2D eigenvalue weighted by atomic mass is 10.1. The van der Waals surface area contributed by atoms with Gasteiger partial charge in [0.1, 0.15) is 5.75 Å². The van der Waals surface area contributed by atoms with Crippen molar-refractivity contribution in [1.29, 1.82) is 0 Å². The zero-order chi connectivity index (χ0) is 10.4. The van der Waals surface area contributed by atoms with Crippen LogP contribution in [0.5, 0.6) is 5.75 Å². The van der Waals surface area contributed by atoms with Crippen LogP contribution in [0.2, 0.25) is 0 Å². The number of terminal acetylenes is 1. The molecule has 0 aliphatic rings. The summed E-state index contributed by atoms with van der Waals surface area (Å²) >= 11 is 0. The highest BCUT2D eigenvalue weighted by atomic mass is 16.5. The van der Waals surface area contributed by atoms with Gasteiger partial charge >= 0.3 is 0 Å². The second-order valence-electron chi connectivity index (χ2n) is 3.04. The molecule has 0 fully saturated rings. The predicted molar refractivity (Wildman–Crippen MR) is 61.2 cm³/mol. The summed E-state index contributed by atoms with van der Waals surface area (Å²) in [7, 11) is 1.89. The molecule has 0 aliphatic carbocycles. The third-order valence-electron chi connectivity index (χ3n) is 1.99. The molecule has 0 atom stereocenters. The fourth-order valence-corrected chi connectivity index (χ4v) is 1.21. The lowest BCUT2D eigenvalue weighted by Crippen LogP contribution is -2.17. The molecule has 3 heteroatoms. The normalized spacial score (nSPS) is 9.43. The van der Waals surface area contributed by atoms with Gasteiger partial charge in [0, 0.05) is 6.54 Å². The van der Waals surface area contributed by atoms with Gasteiger partial charge in [-0.3, -0.25) is 0 Å². The van der Waals surface area contributed by atoms with Crippen molar-refractivity contribution in [2.24, 2.45) is 0 Å². The van der Waals surface area contributed by atoms with Gasteiger partial charge in [-0.15, -0.1) is 6.42 Å². The van der Waals surface area contributed by atoms with E-state index in [0.717, 1.165) is 23.4 Å². The molecule has 0 aromatic heterocycles. The van der Waals surface area contributed by atoms with Crippen LogP contribution < -0.4 is 9.96 Å². The quantitative estimate of drug-likeness (QED) is 0.420. The van der Waals surface area contributed by atoms with Crippen molar-refractivity contribution in [3.8, 4) is 18.1 Å². The minimum atomic E-state index is 0.634. The van der Waals surface area contributed by atoms with Crippen LogP contribution in [-0.4, -0.2) is 21.1 Å². The molecule has 0 heterocycles. The summed E-state index contributed by atoms with van der Waals surface area (Å²) < 4.78 is 5.54. The SMILES string of the molecule is BNCCOc1cccc(C)c1C#C. The third-order valence-corrected chi connectivity index (χ3v) is 1.99. The molecule has 0 amide bonds. The standard InChI is InChI=1S/C11H14BNO/c1-3-10-9(2)5-4-6-11(10)14-8-7-13-12/h1,4-6,13H,7-8,12H2,2H3. The van der Waals surface area contributed by atoms with Crippen LogP contribution in [0.15, 0.2) is 18.2 Å². The number of nitrogens with one attached hydrogen (secondary N) is 1. The minimum Gasteiger partial charge on any atom is -0.491 e. The van der Waals surface area contributed by atoms with Crippen LogP contribution in [0.3, 0.4) is 0 Å². The molecular formula is C11H14BNO. The third kappa shape index (κ3) is 2.55. The number of benzene rings is 1. The van der Waals surface area contributed by atoms with Gasteiger partial charge in [0.25, 0.3) is 0 Å². The Kier molecular flexibility index (Phi) is 4.09. The summed E-state index contributed by atoms with van der Waals surface area (Å²) in [6.45, 7) is 3.44. The molecule has 1 N–H and O–H groups in total. The highest BCUT2D eigenvalue weighted by Crippen LogP contribution is 2.20. The highest BCUT2D eigenvalue weighted by molar-refractivity contribution is 6.04. The van der Waals surface area contributed by atoms with E-state index in [4.69, 9.17) is 11.2 Å². The van der Waals surface area contributed by atoms with Gasteiger partial charge in [-0.05, 0) is 18.6 Å². The van der Waals surface area contributed by atoms with Crippen molar-refractivity contribution in [2.75, 3.05) is 13.2 Å². The molecule has 2 nitrogen and oxygen atoms in total. The molecule has 0 spiro atoms. The lowest BCUT2D eigenvalue weighted by molar-refractivity contribution is 0.323. The summed E-state index contributed by atoms with van der Waals surface area (Å²) in [5, 5.41) is 3.01. The first-order chi connectivity index (χ1) is 6.79. The van der Waals surface area contributed by atoms with Crippen molar-refractivity contribution >= 4 is 7.98 Å². The number of hydrogen-bond donors (Lipinski definition) is 1. The van der Waals surface area contributed by atoms with E-state index < -0.39 is 0 Å². The van der Waals surface area contributed by atoms with Crippen molar-refractivity contribution in [1.82, 2.24) is 5.23 Å². The first-order valence-electron chi connectivity index (χ1n) is 4.63. The van der Waals surface area contributed by atoms with Crippen LogP contribution in [0.1, 0.15) is 11.1 Å². The van der Waals surface area contributed by atoms with Gasteiger partial charge in [0.2, 0.25) is 0 Å². The molecule has 1 rings (SSSR count). The van der Waals surface area contributed by atoms with Crippen molar-refractivity contribution in [3.05, 3.63) is 29.3 Å². The molecular weight excluding hydrogens is 173 g/mol. The van der Waals surface area contributed by atoms with E-state index in [9.17, 15) is 0 Å². The van der Waals surface area contributed by atoms with E-state index in [-0.39, 0.29) is 0 Å². The summed E-state index contributed by atoms with van der Waals surface area (Å²) in [6.07, 6.45) is 5.41. The highest BCUT2D eigenvalue weighted by Gasteiger charge is 2.02. The lowest BCUT2D eigenvalue weighted by Gasteiger charge is -2.09. The number of aryl methyl sites for hydroxylation is 1. The Morgan fingerprint density at radius 2 is 2.36 bits per heavy atom. The molecule has 0 bridgehead atoms.